The molecule has 1 heterocycles. The number of ether oxygens (including phenoxy) is 1. The summed E-state index contributed by atoms with van der Waals surface area (Å²) < 4.78 is 48.3. The topological polar surface area (TPSA) is 70.1 Å². The summed E-state index contributed by atoms with van der Waals surface area (Å²) in [7, 11) is -2.38. The van der Waals surface area contributed by atoms with E-state index in [-0.39, 0.29) is 17.0 Å². The molecule has 2 fully saturated rings. The van der Waals surface area contributed by atoms with Gasteiger partial charge in [-0.05, 0) is 79.8 Å². The monoisotopic (exact) mass is 538 g/mol. The zero-order chi connectivity index (χ0) is 26.8. The van der Waals surface area contributed by atoms with Crippen LogP contribution >= 0.6 is 0 Å². The van der Waals surface area contributed by atoms with Crippen molar-refractivity contribution in [3.8, 4) is 5.75 Å². The van der Waals surface area contributed by atoms with Crippen LogP contribution in [0.5, 0.6) is 5.75 Å². The minimum Gasteiger partial charge on any atom is -0.497 e. The Labute approximate surface area is 224 Å². The molecule has 1 saturated carbocycles. The molecule has 1 saturated heterocycles. The highest BCUT2D eigenvalue weighted by Gasteiger charge is 2.45. The highest BCUT2D eigenvalue weighted by atomic mass is 32.2. The van der Waals surface area contributed by atoms with E-state index in [0.717, 1.165) is 31.2 Å². The first-order chi connectivity index (χ1) is 18.3. The summed E-state index contributed by atoms with van der Waals surface area (Å²) in [6.45, 7) is 1.33. The van der Waals surface area contributed by atoms with E-state index < -0.39 is 21.4 Å². The van der Waals surface area contributed by atoms with E-state index >= 15 is 0 Å². The molecule has 3 aromatic rings. The molecule has 8 heteroatoms. The highest BCUT2D eigenvalue weighted by molar-refractivity contribution is 7.92. The molecule has 2 unspecified atom stereocenters. The van der Waals surface area contributed by atoms with Gasteiger partial charge in [0.15, 0.2) is 0 Å². The fourth-order valence-corrected chi connectivity index (χ4v) is 7.82. The van der Waals surface area contributed by atoms with Gasteiger partial charge in [-0.25, -0.2) is 12.8 Å². The largest absolute Gasteiger partial charge is 0.497 e. The number of hydrogen-bond acceptors (Lipinski definition) is 5. The second-order valence-electron chi connectivity index (χ2n) is 10.3. The fraction of sp³-hybridized carbons (Fsp3) is 0.400. The Hall–Kier alpha value is -2.94. The first-order valence-electron chi connectivity index (χ1n) is 13.3. The predicted molar refractivity (Wildman–Crippen MR) is 146 cm³/mol. The van der Waals surface area contributed by atoms with E-state index in [1.165, 1.54) is 35.7 Å². The van der Waals surface area contributed by atoms with E-state index in [2.05, 4.69) is 4.90 Å². The van der Waals surface area contributed by atoms with Crippen molar-refractivity contribution in [2.24, 2.45) is 0 Å². The summed E-state index contributed by atoms with van der Waals surface area (Å²) in [5.41, 5.74) is 0.471. The number of anilines is 1. The van der Waals surface area contributed by atoms with Crippen molar-refractivity contribution in [3.63, 3.8) is 0 Å². The first kappa shape index (κ1) is 26.7. The normalized spacial score (nSPS) is 23.2. The number of piperidine rings is 1. The number of hydrogen-bond donors (Lipinski definition) is 1. The van der Waals surface area contributed by atoms with Crippen LogP contribution in [0.1, 0.15) is 44.1 Å². The third kappa shape index (κ3) is 5.17. The van der Waals surface area contributed by atoms with Crippen LogP contribution in [0.4, 0.5) is 10.1 Å². The molecular formula is C30H35FN2O4S. The fourth-order valence-electron chi connectivity index (χ4n) is 6.11. The molecular weight excluding hydrogens is 503 g/mol. The molecule has 0 spiro atoms. The van der Waals surface area contributed by atoms with Gasteiger partial charge in [-0.15, -0.1) is 0 Å². The summed E-state index contributed by atoms with van der Waals surface area (Å²) in [6.07, 6.45) is 4.88. The molecule has 1 aliphatic carbocycles. The lowest BCUT2D eigenvalue weighted by Gasteiger charge is -2.49. The zero-order valence-electron chi connectivity index (χ0n) is 21.7. The lowest BCUT2D eigenvalue weighted by molar-refractivity contribution is -0.0849. The number of aliphatic hydroxyl groups is 1. The van der Waals surface area contributed by atoms with Gasteiger partial charge in [0.2, 0.25) is 0 Å². The van der Waals surface area contributed by atoms with Crippen LogP contribution in [-0.2, 0) is 15.6 Å². The maximum atomic E-state index is 13.9. The van der Waals surface area contributed by atoms with Gasteiger partial charge in [0.25, 0.3) is 10.0 Å². The van der Waals surface area contributed by atoms with Crippen LogP contribution in [0.2, 0.25) is 0 Å². The summed E-state index contributed by atoms with van der Waals surface area (Å²) in [5.74, 6) is 0.159. The second-order valence-corrected chi connectivity index (χ2v) is 12.1. The Balaban J connectivity index is 1.41. The maximum absolute atomic E-state index is 13.9. The van der Waals surface area contributed by atoms with Gasteiger partial charge < -0.3 is 9.84 Å². The van der Waals surface area contributed by atoms with Crippen molar-refractivity contribution in [2.45, 2.75) is 61.1 Å². The lowest BCUT2D eigenvalue weighted by atomic mass is 9.74. The molecule has 202 valence electrons. The molecule has 1 N–H and O–H groups in total. The molecule has 0 bridgehead atoms. The van der Waals surface area contributed by atoms with E-state index in [9.17, 15) is 17.9 Å². The Morgan fingerprint density at radius 1 is 0.921 bits per heavy atom. The number of rotatable bonds is 7. The van der Waals surface area contributed by atoms with Crippen LogP contribution in [0.25, 0.3) is 0 Å². The average Bonchev–Trinajstić information content (AvgIpc) is 2.95. The van der Waals surface area contributed by atoms with Gasteiger partial charge in [-0.1, -0.05) is 43.2 Å². The third-order valence-corrected chi connectivity index (χ3v) is 9.97. The highest BCUT2D eigenvalue weighted by Crippen LogP contribution is 2.41. The molecule has 1 aliphatic heterocycles. The van der Waals surface area contributed by atoms with E-state index in [4.69, 9.17) is 4.74 Å². The summed E-state index contributed by atoms with van der Waals surface area (Å²) in [5, 5.41) is 11.9. The van der Waals surface area contributed by atoms with Crippen molar-refractivity contribution >= 4 is 15.7 Å². The third-order valence-electron chi connectivity index (χ3n) is 8.08. The summed E-state index contributed by atoms with van der Waals surface area (Å²) >= 11 is 0. The predicted octanol–water partition coefficient (Wildman–Crippen LogP) is 5.32. The molecule has 2 aliphatic rings. The minimum absolute atomic E-state index is 0.0166. The Kier molecular flexibility index (Phi) is 7.75. The van der Waals surface area contributed by atoms with Gasteiger partial charge in [0.1, 0.15) is 17.2 Å². The van der Waals surface area contributed by atoms with E-state index in [0.29, 0.717) is 37.4 Å². The molecule has 0 amide bonds. The number of halogens is 1. The first-order valence-corrected chi connectivity index (χ1v) is 14.7. The Morgan fingerprint density at radius 3 is 2.21 bits per heavy atom. The van der Waals surface area contributed by atoms with Gasteiger partial charge in [-0.3, -0.25) is 9.21 Å². The van der Waals surface area contributed by atoms with Crippen LogP contribution in [0, 0.1) is 5.82 Å². The average molecular weight is 539 g/mol. The smallest absolute Gasteiger partial charge is 0.264 e. The molecule has 6 nitrogen and oxygen atoms in total. The van der Waals surface area contributed by atoms with E-state index in [1.54, 1.807) is 24.3 Å². The number of likely N-dealkylation sites (tertiary alicyclic amines) is 1. The molecule has 5 rings (SSSR count). The van der Waals surface area contributed by atoms with Crippen LogP contribution in [0.15, 0.2) is 83.8 Å². The number of methoxy groups -OCH3 is 1. The maximum Gasteiger partial charge on any atom is 0.264 e. The van der Waals surface area contributed by atoms with E-state index in [1.807, 2.05) is 30.3 Å². The van der Waals surface area contributed by atoms with Crippen LogP contribution < -0.4 is 9.04 Å². The van der Waals surface area contributed by atoms with Crippen molar-refractivity contribution in [3.05, 3.63) is 90.2 Å². The molecule has 0 aromatic heterocycles. The standard InChI is InChI=1S/C30H35FN2O4S/c1-37-27-14-16-28(17-15-27)38(35,36)33(25-12-10-24(31)11-13-25)26-18-21-32(22-19-26)29-9-5-6-20-30(29,34)23-7-3-2-4-8-23/h2-4,7-8,10-17,26,29,34H,5-6,9,18-22H2,1H3. The molecule has 3 aromatic carbocycles. The van der Waals surface area contributed by atoms with Crippen molar-refractivity contribution in [1.29, 1.82) is 0 Å². The molecule has 2 atom stereocenters. The Bertz CT molecular complexity index is 1310. The SMILES string of the molecule is COc1ccc(S(=O)(=O)N(c2ccc(F)cc2)C2CCN(C3CCCCC3(O)c3ccccc3)CC2)cc1. The van der Waals surface area contributed by atoms with Crippen molar-refractivity contribution < 1.29 is 22.7 Å². The molecule has 38 heavy (non-hydrogen) atoms. The zero-order valence-corrected chi connectivity index (χ0v) is 22.5. The quantitative estimate of drug-likeness (QED) is 0.441. The Morgan fingerprint density at radius 2 is 1.58 bits per heavy atom. The second kappa shape index (κ2) is 11.0. The number of nitrogens with zero attached hydrogens (tertiary/aromatic N) is 2. The van der Waals surface area contributed by atoms with Gasteiger partial charge in [0.05, 0.1) is 17.7 Å². The van der Waals surface area contributed by atoms with Gasteiger partial charge in [-0.2, -0.15) is 0 Å². The number of benzene rings is 3. The lowest BCUT2D eigenvalue weighted by Crippen LogP contribution is -2.57. The van der Waals surface area contributed by atoms with Crippen LogP contribution in [-0.4, -0.2) is 50.7 Å². The van der Waals surface area contributed by atoms with Crippen molar-refractivity contribution in [1.82, 2.24) is 4.90 Å². The van der Waals surface area contributed by atoms with Gasteiger partial charge >= 0.3 is 0 Å². The van der Waals surface area contributed by atoms with Gasteiger partial charge in [0, 0.05) is 25.2 Å². The minimum atomic E-state index is -3.91. The summed E-state index contributed by atoms with van der Waals surface area (Å²) in [6, 6.07) is 21.6. The van der Waals surface area contributed by atoms with Crippen LogP contribution in [0.3, 0.4) is 0 Å². The molecule has 0 radical (unpaired) electrons. The number of sulfonamides is 1. The summed E-state index contributed by atoms with van der Waals surface area (Å²) in [4.78, 5) is 2.50. The van der Waals surface area contributed by atoms with Crippen molar-refractivity contribution in [2.75, 3.05) is 24.5 Å².